The van der Waals surface area contributed by atoms with Crippen LogP contribution in [0.4, 0.5) is 0 Å². The molecule has 4 aromatic carbocycles. The van der Waals surface area contributed by atoms with Gasteiger partial charge in [-0.3, -0.25) is 0 Å². The van der Waals surface area contributed by atoms with Crippen LogP contribution in [0.5, 0.6) is 0 Å². The van der Waals surface area contributed by atoms with Gasteiger partial charge in [-0.25, -0.2) is 0 Å². The molecule has 0 atom stereocenters. The lowest BCUT2D eigenvalue weighted by Crippen LogP contribution is -2.43. The van der Waals surface area contributed by atoms with Crippen LogP contribution in [0.25, 0.3) is 0 Å². The Morgan fingerprint density at radius 1 is 0.447 bits per heavy atom. The molecule has 0 saturated heterocycles. The molecule has 0 N–H and O–H groups in total. The van der Waals surface area contributed by atoms with Gasteiger partial charge in [0, 0.05) is 10.8 Å². The molecule has 2 aliphatic carbocycles. The molecular weight excluding hydrogens is 565 g/mol. The van der Waals surface area contributed by atoms with Crippen LogP contribution in [0.15, 0.2) is 72.8 Å². The van der Waals surface area contributed by atoms with Crippen LogP contribution in [0.3, 0.4) is 0 Å². The molecule has 0 aliphatic heterocycles. The van der Waals surface area contributed by atoms with E-state index in [0.717, 1.165) is 17.4 Å². The maximum absolute atomic E-state index is 6.55. The van der Waals surface area contributed by atoms with E-state index in [-0.39, 0.29) is 10.8 Å². The summed E-state index contributed by atoms with van der Waals surface area (Å²) in [7, 11) is 0. The highest BCUT2D eigenvalue weighted by Gasteiger charge is 2.48. The zero-order valence-electron chi connectivity index (χ0n) is 30.8. The van der Waals surface area contributed by atoms with Crippen LogP contribution in [-0.4, -0.2) is 0 Å². The van der Waals surface area contributed by atoms with Crippen molar-refractivity contribution in [3.8, 4) is 0 Å². The molecule has 0 heterocycles. The lowest BCUT2D eigenvalue weighted by Gasteiger charge is -2.52. The lowest BCUT2D eigenvalue weighted by atomic mass is 9.53. The Labute approximate surface area is 287 Å². The van der Waals surface area contributed by atoms with E-state index in [1.165, 1.54) is 113 Å². The summed E-state index contributed by atoms with van der Waals surface area (Å²) in [6, 6.07) is 28.7. The van der Waals surface area contributed by atoms with Crippen LogP contribution in [-0.2, 0) is 10.8 Å². The second kappa shape index (κ2) is 12.7. The van der Waals surface area contributed by atoms with Gasteiger partial charge in [-0.15, -0.1) is 0 Å². The Morgan fingerprint density at radius 3 is 1.04 bits per heavy atom. The molecule has 2 saturated carbocycles. The number of hydrogen-bond donors (Lipinski definition) is 0. The van der Waals surface area contributed by atoms with Crippen LogP contribution in [0, 0.1) is 72.6 Å². The van der Waals surface area contributed by atoms with E-state index in [0.29, 0.717) is 5.41 Å². The lowest BCUT2D eigenvalue weighted by molar-refractivity contribution is 0.0364. The van der Waals surface area contributed by atoms with Gasteiger partial charge in [0.25, 0.3) is 0 Å². The average molecular weight is 623 g/mol. The van der Waals surface area contributed by atoms with E-state index in [1.54, 1.807) is 0 Å². The number of hydrogen-bond acceptors (Lipinski definition) is 0. The minimum atomic E-state index is 0.0289. The maximum atomic E-state index is 6.55. The maximum Gasteiger partial charge on any atom is 0.0203 e. The molecule has 246 valence electrons. The highest BCUT2D eigenvalue weighted by molar-refractivity contribution is 5.48. The molecule has 0 bridgehead atoms. The van der Waals surface area contributed by atoms with Gasteiger partial charge in [0.15, 0.2) is 0 Å². The number of benzene rings is 4. The van der Waals surface area contributed by atoms with Crippen molar-refractivity contribution < 1.29 is 0 Å². The van der Waals surface area contributed by atoms with Crippen molar-refractivity contribution in [1.82, 2.24) is 0 Å². The first-order valence-corrected chi connectivity index (χ1v) is 18.4. The molecule has 2 radical (unpaired) electrons. The smallest absolute Gasteiger partial charge is 0.0203 e. The second-order valence-electron chi connectivity index (χ2n) is 16.5. The molecular formula is C47H58. The normalized spacial score (nSPS) is 18.8. The molecule has 47 heavy (non-hydrogen) atoms. The minimum absolute atomic E-state index is 0.0289. The summed E-state index contributed by atoms with van der Waals surface area (Å²) >= 11 is 0. The second-order valence-corrected chi connectivity index (χ2v) is 16.5. The minimum Gasteiger partial charge on any atom is -0.0594 e. The van der Waals surface area contributed by atoms with E-state index >= 15 is 0 Å². The predicted octanol–water partition coefficient (Wildman–Crippen LogP) is 12.6. The van der Waals surface area contributed by atoms with Crippen LogP contribution in [0.2, 0.25) is 0 Å². The highest BCUT2D eigenvalue weighted by atomic mass is 14.5. The first-order valence-electron chi connectivity index (χ1n) is 18.4. The summed E-state index contributed by atoms with van der Waals surface area (Å²) in [5.74, 6) is 1.47. The largest absolute Gasteiger partial charge is 0.0594 e. The molecule has 0 nitrogen and oxygen atoms in total. The first kappa shape index (κ1) is 33.8. The third-order valence-electron chi connectivity index (χ3n) is 13.8. The summed E-state index contributed by atoms with van der Waals surface area (Å²) in [5.41, 5.74) is 16.8. The van der Waals surface area contributed by atoms with Crippen molar-refractivity contribution in [2.45, 2.75) is 125 Å². The average Bonchev–Trinajstić information content (AvgIpc) is 3.06. The van der Waals surface area contributed by atoms with E-state index in [2.05, 4.69) is 135 Å². The Kier molecular flexibility index (Phi) is 9.14. The fraction of sp³-hybridized carbons (Fsp3) is 0.468. The number of aryl methyl sites for hydroxylation is 7. The Bertz CT molecular complexity index is 1510. The van der Waals surface area contributed by atoms with Gasteiger partial charge in [-0.2, -0.15) is 0 Å². The summed E-state index contributed by atoms with van der Waals surface area (Å²) in [6.45, 7) is 27.5. The third-order valence-corrected chi connectivity index (χ3v) is 13.8. The topological polar surface area (TPSA) is 0 Å². The van der Waals surface area contributed by atoms with Crippen molar-refractivity contribution in [3.05, 3.63) is 146 Å². The van der Waals surface area contributed by atoms with E-state index < -0.39 is 0 Å². The molecule has 0 heteroatoms. The first-order chi connectivity index (χ1) is 22.3. The highest BCUT2D eigenvalue weighted by Crippen LogP contribution is 2.57. The Balaban J connectivity index is 1.26. The summed E-state index contributed by atoms with van der Waals surface area (Å²) in [4.78, 5) is 0. The van der Waals surface area contributed by atoms with Crippen LogP contribution in [0.1, 0.15) is 132 Å². The van der Waals surface area contributed by atoms with Gasteiger partial charge in [-0.1, -0.05) is 86.6 Å². The number of rotatable bonds is 6. The molecule has 2 fully saturated rings. The fourth-order valence-corrected chi connectivity index (χ4v) is 9.59. The van der Waals surface area contributed by atoms with Gasteiger partial charge in [0.2, 0.25) is 0 Å². The summed E-state index contributed by atoms with van der Waals surface area (Å²) in [5, 5.41) is 0. The van der Waals surface area contributed by atoms with Crippen molar-refractivity contribution in [2.75, 3.05) is 0 Å². The fourth-order valence-electron chi connectivity index (χ4n) is 9.59. The molecule has 2 aliphatic rings. The van der Waals surface area contributed by atoms with Crippen LogP contribution >= 0.6 is 0 Å². The van der Waals surface area contributed by atoms with Gasteiger partial charge < -0.3 is 0 Å². The van der Waals surface area contributed by atoms with E-state index in [9.17, 15) is 0 Å². The zero-order valence-corrected chi connectivity index (χ0v) is 30.8. The molecule has 6 rings (SSSR count). The quantitative estimate of drug-likeness (QED) is 0.201. The van der Waals surface area contributed by atoms with Gasteiger partial charge in [-0.05, 0) is 191 Å². The molecule has 0 unspecified atom stereocenters. The summed E-state index contributed by atoms with van der Waals surface area (Å²) < 4.78 is 0. The van der Waals surface area contributed by atoms with Crippen LogP contribution < -0.4 is 0 Å². The zero-order chi connectivity index (χ0) is 33.7. The Morgan fingerprint density at radius 2 is 0.745 bits per heavy atom. The molecule has 0 amide bonds. The van der Waals surface area contributed by atoms with Gasteiger partial charge >= 0.3 is 0 Å². The van der Waals surface area contributed by atoms with E-state index in [4.69, 9.17) is 6.92 Å². The van der Waals surface area contributed by atoms with Crippen molar-refractivity contribution >= 4 is 0 Å². The molecule has 0 aromatic heterocycles. The monoisotopic (exact) mass is 622 g/mol. The van der Waals surface area contributed by atoms with Crippen molar-refractivity contribution in [3.63, 3.8) is 0 Å². The van der Waals surface area contributed by atoms with Crippen molar-refractivity contribution in [1.29, 1.82) is 0 Å². The Hall–Kier alpha value is -3.12. The van der Waals surface area contributed by atoms with Gasteiger partial charge in [0.1, 0.15) is 0 Å². The molecule has 4 aromatic rings. The predicted molar refractivity (Wildman–Crippen MR) is 202 cm³/mol. The van der Waals surface area contributed by atoms with Gasteiger partial charge in [0.05, 0.1) is 0 Å². The molecule has 0 spiro atoms. The van der Waals surface area contributed by atoms with Crippen molar-refractivity contribution in [2.24, 2.45) is 17.3 Å². The summed E-state index contributed by atoms with van der Waals surface area (Å²) in [6.07, 6.45) is 9.96. The third kappa shape index (κ3) is 6.04. The SMILES string of the molecule is [CH]c1cc(C2(c3ccc(C)c(C)c3)CCC(C(C)(C)C3CCC(c4ccc(C)c(C)c4)(c4ccc(C)c(C)c4)CC3)CC2)ccc1C. The van der Waals surface area contributed by atoms with E-state index in [1.807, 2.05) is 0 Å². The standard InChI is InChI=1S/C47H58/c1-31-11-15-41(27-35(31)5)46(42-16-12-32(2)36(6)28-42)23-19-39(20-24-46)45(9,10)40-21-25-47(26-22-40,43-17-13-33(3)37(7)29-43)44-18-14-34(4)38(8)30-44/h5,11-18,27-30,39-40H,19-26H2,1-4,6-10H3.